The van der Waals surface area contributed by atoms with Gasteiger partial charge in [-0.15, -0.1) is 11.3 Å². The van der Waals surface area contributed by atoms with E-state index in [-0.39, 0.29) is 22.6 Å². The minimum Gasteiger partial charge on any atom is -0.290 e. The predicted octanol–water partition coefficient (Wildman–Crippen LogP) is 2.81. The molecule has 0 unspecified atom stereocenters. The third-order valence-electron chi connectivity index (χ3n) is 5.59. The lowest BCUT2D eigenvalue weighted by Gasteiger charge is -2.15. The number of hydrogen-bond donors (Lipinski definition) is 0. The Kier molecular flexibility index (Phi) is 4.75. The van der Waals surface area contributed by atoms with Gasteiger partial charge in [0.25, 0.3) is 21.5 Å². The number of carbonyl (C=O) groups excluding carboxylic acids is 1. The first kappa shape index (κ1) is 19.8. The van der Waals surface area contributed by atoms with Gasteiger partial charge in [-0.3, -0.25) is 14.2 Å². The summed E-state index contributed by atoms with van der Waals surface area (Å²) < 4.78 is 27.8. The molecule has 1 aliphatic heterocycles. The largest absolute Gasteiger partial charge is 0.290 e. The number of fused-ring (bicyclic) bond motifs is 4. The average molecular weight is 462 g/mol. The summed E-state index contributed by atoms with van der Waals surface area (Å²) in [5, 5.41) is 1.27. The Balaban J connectivity index is 1.39. The molecule has 3 heterocycles. The molecule has 0 bridgehead atoms. The maximum atomic E-state index is 13.0. The van der Waals surface area contributed by atoms with Gasteiger partial charge in [-0.1, -0.05) is 23.9 Å². The number of rotatable bonds is 4. The monoisotopic (exact) mass is 461 g/mol. The number of hydrogen-bond acceptors (Lipinski definition) is 7. The van der Waals surface area contributed by atoms with Crippen LogP contribution in [0.25, 0.3) is 10.2 Å². The van der Waals surface area contributed by atoms with Crippen LogP contribution < -0.4 is 5.56 Å². The van der Waals surface area contributed by atoms with Crippen LogP contribution >= 0.6 is 23.1 Å². The van der Waals surface area contributed by atoms with Gasteiger partial charge < -0.3 is 0 Å². The first-order valence-corrected chi connectivity index (χ1v) is 12.9. The number of carbonyl (C=O) groups is 1. The lowest BCUT2D eigenvalue weighted by Crippen LogP contribution is -2.32. The van der Waals surface area contributed by atoms with Crippen molar-refractivity contribution < 1.29 is 13.2 Å². The number of thiophene rings is 1. The van der Waals surface area contributed by atoms with Gasteiger partial charge in [-0.25, -0.2) is 17.7 Å². The molecule has 1 aliphatic carbocycles. The highest BCUT2D eigenvalue weighted by Gasteiger charge is 2.40. The van der Waals surface area contributed by atoms with Crippen molar-refractivity contribution in [3.05, 3.63) is 50.6 Å². The first-order valence-electron chi connectivity index (χ1n) is 9.70. The van der Waals surface area contributed by atoms with Crippen LogP contribution in [0.4, 0.5) is 0 Å². The molecule has 0 radical (unpaired) electrons. The van der Waals surface area contributed by atoms with Crippen LogP contribution in [-0.4, -0.2) is 40.5 Å². The van der Waals surface area contributed by atoms with E-state index in [9.17, 15) is 18.0 Å². The molecule has 156 valence electrons. The van der Waals surface area contributed by atoms with Crippen molar-refractivity contribution >= 4 is 49.2 Å². The minimum atomic E-state index is -3.82. The second-order valence-corrected chi connectivity index (χ2v) is 11.4. The van der Waals surface area contributed by atoms with Gasteiger partial charge in [0.2, 0.25) is 0 Å². The van der Waals surface area contributed by atoms with Crippen LogP contribution in [0.5, 0.6) is 0 Å². The van der Waals surface area contributed by atoms with E-state index >= 15 is 0 Å². The highest BCUT2D eigenvalue weighted by molar-refractivity contribution is 7.99. The Bertz CT molecular complexity index is 1360. The number of aryl methyl sites for hydroxylation is 2. The zero-order valence-electron chi connectivity index (χ0n) is 16.3. The van der Waals surface area contributed by atoms with Crippen molar-refractivity contribution in [1.29, 1.82) is 0 Å². The molecule has 5 rings (SSSR count). The Morgan fingerprint density at radius 1 is 1.17 bits per heavy atom. The van der Waals surface area contributed by atoms with Crippen molar-refractivity contribution in [3.63, 3.8) is 0 Å². The molecule has 1 aromatic carbocycles. The van der Waals surface area contributed by atoms with Gasteiger partial charge in [-0.2, -0.15) is 0 Å². The van der Waals surface area contributed by atoms with Crippen molar-refractivity contribution in [2.45, 2.75) is 35.7 Å². The van der Waals surface area contributed by atoms with E-state index in [4.69, 9.17) is 4.98 Å². The smallest absolute Gasteiger partial charge is 0.269 e. The fourth-order valence-electron chi connectivity index (χ4n) is 4.07. The maximum absolute atomic E-state index is 13.0. The SMILES string of the molecule is Cn1c(SCCN2C(=O)c3ccccc3S2(=O)=O)nc2sc3c(c2c1=O)CCCC3. The second kappa shape index (κ2) is 7.21. The Labute approximate surface area is 181 Å². The summed E-state index contributed by atoms with van der Waals surface area (Å²) >= 11 is 2.88. The molecule has 0 N–H and O–H groups in total. The summed E-state index contributed by atoms with van der Waals surface area (Å²) in [6, 6.07) is 6.24. The fourth-order valence-corrected chi connectivity index (χ4v) is 7.95. The normalized spacial score (nSPS) is 17.4. The first-order chi connectivity index (χ1) is 14.4. The number of thioether (sulfide) groups is 1. The van der Waals surface area contributed by atoms with Crippen LogP contribution in [0.1, 0.15) is 33.6 Å². The summed E-state index contributed by atoms with van der Waals surface area (Å²) in [5.41, 5.74) is 1.30. The number of benzene rings is 1. The zero-order chi connectivity index (χ0) is 21.0. The topological polar surface area (TPSA) is 89.3 Å². The summed E-state index contributed by atoms with van der Waals surface area (Å²) in [4.78, 5) is 32.2. The summed E-state index contributed by atoms with van der Waals surface area (Å²) in [6.45, 7) is 0.0232. The molecular weight excluding hydrogens is 442 g/mol. The van der Waals surface area contributed by atoms with Crippen LogP contribution in [-0.2, 0) is 29.9 Å². The van der Waals surface area contributed by atoms with Crippen molar-refractivity contribution in [2.75, 3.05) is 12.3 Å². The molecule has 0 spiro atoms. The highest BCUT2D eigenvalue weighted by atomic mass is 32.2. The average Bonchev–Trinajstić information content (AvgIpc) is 3.20. The van der Waals surface area contributed by atoms with E-state index in [1.54, 1.807) is 30.5 Å². The lowest BCUT2D eigenvalue weighted by molar-refractivity contribution is 0.0876. The molecule has 1 amide bonds. The third-order valence-corrected chi connectivity index (χ3v) is 9.63. The van der Waals surface area contributed by atoms with Gasteiger partial charge >= 0.3 is 0 Å². The fraction of sp³-hybridized carbons (Fsp3) is 0.350. The summed E-state index contributed by atoms with van der Waals surface area (Å²) in [6.07, 6.45) is 4.16. The molecule has 0 atom stereocenters. The van der Waals surface area contributed by atoms with Gasteiger partial charge in [0.05, 0.1) is 10.9 Å². The van der Waals surface area contributed by atoms with Gasteiger partial charge in [-0.05, 0) is 43.4 Å². The Hall–Kier alpha value is -2.17. The standard InChI is InChI=1S/C20H19N3O4S3/c1-22-19(25)16-12-6-2-4-8-14(12)29-17(16)21-20(22)28-11-10-23-18(24)13-7-3-5-9-15(13)30(23,26)27/h3,5,7,9H,2,4,6,8,10-11H2,1H3. The molecule has 30 heavy (non-hydrogen) atoms. The van der Waals surface area contributed by atoms with E-state index in [0.29, 0.717) is 10.9 Å². The third kappa shape index (κ3) is 2.92. The van der Waals surface area contributed by atoms with E-state index in [1.807, 2.05) is 0 Å². The van der Waals surface area contributed by atoms with Crippen LogP contribution in [0.15, 0.2) is 39.1 Å². The number of amides is 1. The quantitative estimate of drug-likeness (QED) is 0.438. The van der Waals surface area contributed by atoms with E-state index in [0.717, 1.165) is 45.8 Å². The predicted molar refractivity (Wildman–Crippen MR) is 117 cm³/mol. The zero-order valence-corrected chi connectivity index (χ0v) is 18.7. The molecule has 0 saturated carbocycles. The number of nitrogens with zero attached hydrogens (tertiary/aromatic N) is 3. The summed E-state index contributed by atoms with van der Waals surface area (Å²) in [5.74, 6) is -0.190. The maximum Gasteiger partial charge on any atom is 0.269 e. The Morgan fingerprint density at radius 3 is 2.73 bits per heavy atom. The molecule has 7 nitrogen and oxygen atoms in total. The molecular formula is C20H19N3O4S3. The van der Waals surface area contributed by atoms with Crippen molar-refractivity contribution in [1.82, 2.24) is 13.9 Å². The molecule has 2 aromatic heterocycles. The van der Waals surface area contributed by atoms with Gasteiger partial charge in [0.1, 0.15) is 9.73 Å². The van der Waals surface area contributed by atoms with Crippen LogP contribution in [0.2, 0.25) is 0 Å². The number of sulfonamides is 1. The van der Waals surface area contributed by atoms with Crippen molar-refractivity contribution in [2.24, 2.45) is 7.05 Å². The van der Waals surface area contributed by atoms with Crippen LogP contribution in [0, 0.1) is 0 Å². The lowest BCUT2D eigenvalue weighted by atomic mass is 9.97. The summed E-state index contributed by atoms with van der Waals surface area (Å²) in [7, 11) is -2.13. The van der Waals surface area contributed by atoms with Gasteiger partial charge in [0, 0.05) is 24.2 Å². The molecule has 0 fully saturated rings. The molecule has 3 aromatic rings. The Morgan fingerprint density at radius 2 is 1.93 bits per heavy atom. The van der Waals surface area contributed by atoms with Crippen molar-refractivity contribution in [3.8, 4) is 0 Å². The molecule has 2 aliphatic rings. The van der Waals surface area contributed by atoms with E-state index in [1.165, 1.54) is 33.3 Å². The molecule has 10 heteroatoms. The minimum absolute atomic E-state index is 0.0232. The highest BCUT2D eigenvalue weighted by Crippen LogP contribution is 2.35. The second-order valence-electron chi connectivity index (χ2n) is 7.38. The molecule has 0 saturated heterocycles. The van der Waals surface area contributed by atoms with E-state index < -0.39 is 15.9 Å². The van der Waals surface area contributed by atoms with Crippen LogP contribution in [0.3, 0.4) is 0 Å². The van der Waals surface area contributed by atoms with Gasteiger partial charge in [0.15, 0.2) is 5.16 Å². The number of aromatic nitrogens is 2. The van der Waals surface area contributed by atoms with E-state index in [2.05, 4.69) is 0 Å².